The van der Waals surface area contributed by atoms with Gasteiger partial charge in [-0.3, -0.25) is 0 Å². The Kier molecular flexibility index (Phi) is 5.65. The third kappa shape index (κ3) is 3.74. The maximum atomic E-state index is 11.1. The van der Waals surface area contributed by atoms with E-state index >= 15 is 0 Å². The number of nitrogens with two attached hydrogens (primary N) is 1. The van der Waals surface area contributed by atoms with Crippen molar-refractivity contribution >= 4 is 5.97 Å². The monoisotopic (exact) mass is 251 g/mol. The minimum absolute atomic E-state index is 0.506. The number of ether oxygens (including phenoxy) is 1. The van der Waals surface area contributed by atoms with Crippen molar-refractivity contribution < 1.29 is 14.6 Å². The standard InChI is InChI=1S/C14H21NO3/c1-3-5-12(14(16)17)18-13-10(2)6-4-7-11(13)8-9-15/h4,6-7,12H,3,5,8-9,15H2,1-2H3,(H,16,17). The number of carboxylic acid groups (broad SMARTS) is 1. The lowest BCUT2D eigenvalue weighted by molar-refractivity contribution is -0.145. The van der Waals surface area contributed by atoms with Gasteiger partial charge in [-0.1, -0.05) is 31.5 Å². The van der Waals surface area contributed by atoms with Crippen LogP contribution in [0.4, 0.5) is 0 Å². The van der Waals surface area contributed by atoms with E-state index in [9.17, 15) is 4.79 Å². The van der Waals surface area contributed by atoms with Crippen LogP contribution >= 0.6 is 0 Å². The second kappa shape index (κ2) is 7.01. The first-order valence-corrected chi connectivity index (χ1v) is 6.28. The molecular weight excluding hydrogens is 230 g/mol. The van der Waals surface area contributed by atoms with Crippen LogP contribution in [0.2, 0.25) is 0 Å². The molecule has 4 heteroatoms. The van der Waals surface area contributed by atoms with Gasteiger partial charge in [-0.05, 0) is 37.4 Å². The van der Waals surface area contributed by atoms with Gasteiger partial charge in [0.25, 0.3) is 0 Å². The summed E-state index contributed by atoms with van der Waals surface area (Å²) in [6, 6.07) is 5.78. The summed E-state index contributed by atoms with van der Waals surface area (Å²) in [6.45, 7) is 4.38. The molecular formula is C14H21NO3. The molecule has 4 nitrogen and oxygen atoms in total. The first-order valence-electron chi connectivity index (χ1n) is 6.28. The van der Waals surface area contributed by atoms with Crippen LogP contribution in [0, 0.1) is 6.92 Å². The summed E-state index contributed by atoms with van der Waals surface area (Å²) in [5.41, 5.74) is 7.48. The Morgan fingerprint density at radius 1 is 1.50 bits per heavy atom. The van der Waals surface area contributed by atoms with Crippen molar-refractivity contribution in [2.75, 3.05) is 6.54 Å². The number of benzene rings is 1. The Hall–Kier alpha value is -1.55. The average molecular weight is 251 g/mol. The Morgan fingerprint density at radius 2 is 2.22 bits per heavy atom. The SMILES string of the molecule is CCCC(Oc1c(C)cccc1CCN)C(=O)O. The maximum Gasteiger partial charge on any atom is 0.344 e. The van der Waals surface area contributed by atoms with Crippen molar-refractivity contribution in [3.63, 3.8) is 0 Å². The van der Waals surface area contributed by atoms with Gasteiger partial charge >= 0.3 is 5.97 Å². The van der Waals surface area contributed by atoms with Crippen molar-refractivity contribution in [1.82, 2.24) is 0 Å². The molecule has 18 heavy (non-hydrogen) atoms. The average Bonchev–Trinajstić information content (AvgIpc) is 2.32. The van der Waals surface area contributed by atoms with Gasteiger partial charge in [0.1, 0.15) is 5.75 Å². The van der Waals surface area contributed by atoms with E-state index < -0.39 is 12.1 Å². The third-order valence-electron chi connectivity index (χ3n) is 2.79. The lowest BCUT2D eigenvalue weighted by atomic mass is 10.1. The van der Waals surface area contributed by atoms with E-state index in [1.807, 2.05) is 32.0 Å². The molecule has 0 aromatic heterocycles. The van der Waals surface area contributed by atoms with E-state index in [2.05, 4.69) is 0 Å². The topological polar surface area (TPSA) is 72.5 Å². The van der Waals surface area contributed by atoms with Crippen molar-refractivity contribution in [2.45, 2.75) is 39.2 Å². The second-order valence-corrected chi connectivity index (χ2v) is 4.34. The van der Waals surface area contributed by atoms with Gasteiger partial charge in [0, 0.05) is 0 Å². The zero-order valence-corrected chi connectivity index (χ0v) is 11.0. The number of hydrogen-bond acceptors (Lipinski definition) is 3. The molecule has 0 fully saturated rings. The van der Waals surface area contributed by atoms with Gasteiger partial charge in [-0.25, -0.2) is 4.79 Å². The van der Waals surface area contributed by atoms with E-state index in [-0.39, 0.29) is 0 Å². The minimum atomic E-state index is -0.918. The second-order valence-electron chi connectivity index (χ2n) is 4.34. The van der Waals surface area contributed by atoms with Gasteiger partial charge in [0.2, 0.25) is 0 Å². The molecule has 1 unspecified atom stereocenters. The third-order valence-corrected chi connectivity index (χ3v) is 2.79. The highest BCUT2D eigenvalue weighted by Crippen LogP contribution is 2.25. The highest BCUT2D eigenvalue weighted by molar-refractivity contribution is 5.72. The molecule has 0 radical (unpaired) electrons. The molecule has 1 aromatic carbocycles. The predicted octanol–water partition coefficient (Wildman–Crippen LogP) is 2.13. The first kappa shape index (κ1) is 14.5. The number of rotatable bonds is 7. The molecule has 1 rings (SSSR count). The molecule has 1 atom stereocenters. The molecule has 0 bridgehead atoms. The van der Waals surface area contributed by atoms with Crippen LogP contribution in [0.3, 0.4) is 0 Å². The van der Waals surface area contributed by atoms with Crippen LogP contribution in [-0.2, 0) is 11.2 Å². The molecule has 1 aromatic rings. The number of hydrogen-bond donors (Lipinski definition) is 2. The Morgan fingerprint density at radius 3 is 2.78 bits per heavy atom. The lowest BCUT2D eigenvalue weighted by Gasteiger charge is -2.19. The van der Waals surface area contributed by atoms with Gasteiger partial charge in [-0.2, -0.15) is 0 Å². The van der Waals surface area contributed by atoms with E-state index in [0.717, 1.165) is 17.5 Å². The van der Waals surface area contributed by atoms with Crippen LogP contribution in [0.1, 0.15) is 30.9 Å². The summed E-state index contributed by atoms with van der Waals surface area (Å²) in [4.78, 5) is 11.1. The number of aliphatic carboxylic acids is 1. The summed E-state index contributed by atoms with van der Waals surface area (Å²) >= 11 is 0. The van der Waals surface area contributed by atoms with Crippen LogP contribution in [0.25, 0.3) is 0 Å². The van der Waals surface area contributed by atoms with Crippen molar-refractivity contribution in [2.24, 2.45) is 5.73 Å². The Labute approximate surface area is 108 Å². The summed E-state index contributed by atoms with van der Waals surface area (Å²) in [5, 5.41) is 9.13. The zero-order valence-electron chi connectivity index (χ0n) is 11.0. The largest absolute Gasteiger partial charge is 0.479 e. The summed E-state index contributed by atoms with van der Waals surface area (Å²) < 4.78 is 5.68. The number of carboxylic acids is 1. The molecule has 0 saturated carbocycles. The van der Waals surface area contributed by atoms with Crippen LogP contribution in [0.15, 0.2) is 18.2 Å². The van der Waals surface area contributed by atoms with Gasteiger partial charge in [-0.15, -0.1) is 0 Å². The molecule has 3 N–H and O–H groups in total. The first-order chi connectivity index (χ1) is 8.60. The van der Waals surface area contributed by atoms with E-state index in [4.69, 9.17) is 15.6 Å². The molecule has 100 valence electrons. The summed E-state index contributed by atoms with van der Waals surface area (Å²) in [6.07, 6.45) is 1.18. The van der Waals surface area contributed by atoms with E-state index in [1.165, 1.54) is 0 Å². The number of para-hydroxylation sites is 1. The van der Waals surface area contributed by atoms with Gasteiger partial charge in [0.05, 0.1) is 0 Å². The highest BCUT2D eigenvalue weighted by atomic mass is 16.5. The zero-order chi connectivity index (χ0) is 13.5. The fourth-order valence-electron chi connectivity index (χ4n) is 1.87. The summed E-state index contributed by atoms with van der Waals surface area (Å²) in [5.74, 6) is -0.248. The fraction of sp³-hybridized carbons (Fsp3) is 0.500. The van der Waals surface area contributed by atoms with Crippen molar-refractivity contribution in [1.29, 1.82) is 0 Å². The lowest BCUT2D eigenvalue weighted by Crippen LogP contribution is -2.27. The molecule has 0 heterocycles. The molecule has 0 amide bonds. The van der Waals surface area contributed by atoms with E-state index in [1.54, 1.807) is 0 Å². The summed E-state index contributed by atoms with van der Waals surface area (Å²) in [7, 11) is 0. The Bertz CT molecular complexity index is 404. The van der Waals surface area contributed by atoms with Gasteiger partial charge in [0.15, 0.2) is 6.10 Å². The normalized spacial score (nSPS) is 12.2. The number of aryl methyl sites for hydroxylation is 1. The quantitative estimate of drug-likeness (QED) is 0.778. The van der Waals surface area contributed by atoms with E-state index in [0.29, 0.717) is 25.1 Å². The van der Waals surface area contributed by atoms with Crippen LogP contribution in [-0.4, -0.2) is 23.7 Å². The molecule has 0 aliphatic rings. The molecule has 0 aliphatic carbocycles. The maximum absolute atomic E-state index is 11.1. The minimum Gasteiger partial charge on any atom is -0.479 e. The van der Waals surface area contributed by atoms with Crippen molar-refractivity contribution in [3.8, 4) is 5.75 Å². The Balaban J connectivity index is 2.96. The van der Waals surface area contributed by atoms with Gasteiger partial charge < -0.3 is 15.6 Å². The molecule has 0 spiro atoms. The molecule has 0 aliphatic heterocycles. The predicted molar refractivity (Wildman–Crippen MR) is 70.9 cm³/mol. The van der Waals surface area contributed by atoms with Crippen LogP contribution < -0.4 is 10.5 Å². The molecule has 0 saturated heterocycles. The smallest absolute Gasteiger partial charge is 0.344 e. The van der Waals surface area contributed by atoms with Crippen molar-refractivity contribution in [3.05, 3.63) is 29.3 Å². The van der Waals surface area contributed by atoms with Crippen LogP contribution in [0.5, 0.6) is 5.75 Å². The highest BCUT2D eigenvalue weighted by Gasteiger charge is 2.20. The number of carbonyl (C=O) groups is 1. The fourth-order valence-corrected chi connectivity index (χ4v) is 1.87.